The lowest BCUT2D eigenvalue weighted by Crippen LogP contribution is -2.30. The Kier molecular flexibility index (Phi) is 3.94. The molecule has 1 aromatic rings. The van der Waals surface area contributed by atoms with Crippen LogP contribution < -0.4 is 5.73 Å². The molecule has 0 saturated heterocycles. The minimum absolute atomic E-state index is 0.0502. The highest BCUT2D eigenvalue weighted by Crippen LogP contribution is 2.16. The lowest BCUT2D eigenvalue weighted by molar-refractivity contribution is 0.101. The van der Waals surface area contributed by atoms with Crippen molar-refractivity contribution < 1.29 is 14.3 Å². The maximum absolute atomic E-state index is 12.2. The molecule has 0 aliphatic heterocycles. The molecule has 2 unspecified atom stereocenters. The molecule has 0 radical (unpaired) electrons. The van der Waals surface area contributed by atoms with E-state index in [1.807, 2.05) is 0 Å². The Balaban J connectivity index is 2.84. The molecule has 4 heteroatoms. The fraction of sp³-hybridized carbons (Fsp3) is 0.364. The number of hydrogen-bond acceptors (Lipinski definition) is 3. The van der Waals surface area contributed by atoms with Crippen molar-refractivity contribution in [2.24, 2.45) is 5.73 Å². The third-order valence-corrected chi connectivity index (χ3v) is 2.24. The molecule has 0 saturated carbocycles. The molecule has 2 atom stereocenters. The number of carbonyl (C=O) groups is 1. The van der Waals surface area contributed by atoms with Gasteiger partial charge in [0.05, 0.1) is 12.1 Å². The van der Waals surface area contributed by atoms with Gasteiger partial charge < -0.3 is 10.8 Å². The number of aliphatic hydroxyl groups excluding tert-OH is 1. The van der Waals surface area contributed by atoms with Gasteiger partial charge in [-0.25, -0.2) is 4.39 Å². The Morgan fingerprint density at radius 1 is 1.47 bits per heavy atom. The molecule has 3 nitrogen and oxygen atoms in total. The van der Waals surface area contributed by atoms with Crippen LogP contribution in [0.3, 0.4) is 0 Å². The highest BCUT2D eigenvalue weighted by molar-refractivity contribution is 5.94. The summed E-state index contributed by atoms with van der Waals surface area (Å²) in [5, 5.41) is 9.57. The Hall–Kier alpha value is -1.26. The molecule has 3 N–H and O–H groups in total. The fourth-order valence-electron chi connectivity index (χ4n) is 1.25. The van der Waals surface area contributed by atoms with Gasteiger partial charge in [0.15, 0.2) is 5.78 Å². The standard InChI is InChI=1S/C11H14FNO2/c1-7(14)8-2-4-9(5-3-8)11(15)10(13)6-12/h2-5,10-11,15H,6,13H2,1H3. The predicted molar refractivity (Wildman–Crippen MR) is 55.4 cm³/mol. The van der Waals surface area contributed by atoms with E-state index in [0.717, 1.165) is 0 Å². The van der Waals surface area contributed by atoms with Crippen LogP contribution in [0.4, 0.5) is 4.39 Å². The summed E-state index contributed by atoms with van der Waals surface area (Å²) >= 11 is 0. The molecule has 0 heterocycles. The highest BCUT2D eigenvalue weighted by Gasteiger charge is 2.16. The maximum Gasteiger partial charge on any atom is 0.159 e. The van der Waals surface area contributed by atoms with Crippen molar-refractivity contribution in [2.45, 2.75) is 19.1 Å². The number of carbonyl (C=O) groups excluding carboxylic acids is 1. The minimum Gasteiger partial charge on any atom is -0.387 e. The Morgan fingerprint density at radius 3 is 2.40 bits per heavy atom. The third-order valence-electron chi connectivity index (χ3n) is 2.24. The van der Waals surface area contributed by atoms with Gasteiger partial charge in [-0.1, -0.05) is 24.3 Å². The van der Waals surface area contributed by atoms with Gasteiger partial charge in [-0.15, -0.1) is 0 Å². The summed E-state index contributed by atoms with van der Waals surface area (Å²) in [5.41, 5.74) is 6.43. The number of aliphatic hydroxyl groups is 1. The fourth-order valence-corrected chi connectivity index (χ4v) is 1.25. The molecule has 15 heavy (non-hydrogen) atoms. The first-order valence-electron chi connectivity index (χ1n) is 4.66. The second-order valence-electron chi connectivity index (χ2n) is 3.44. The van der Waals surface area contributed by atoms with Gasteiger partial charge >= 0.3 is 0 Å². The highest BCUT2D eigenvalue weighted by atomic mass is 19.1. The van der Waals surface area contributed by atoms with Gasteiger partial charge in [0, 0.05) is 5.56 Å². The molecule has 0 aromatic heterocycles. The van der Waals surface area contributed by atoms with Crippen molar-refractivity contribution in [3.63, 3.8) is 0 Å². The van der Waals surface area contributed by atoms with E-state index in [0.29, 0.717) is 11.1 Å². The van der Waals surface area contributed by atoms with E-state index in [2.05, 4.69) is 0 Å². The number of ketones is 1. The second-order valence-corrected chi connectivity index (χ2v) is 3.44. The van der Waals surface area contributed by atoms with Gasteiger partial charge in [0.2, 0.25) is 0 Å². The van der Waals surface area contributed by atoms with Crippen LogP contribution in [-0.2, 0) is 0 Å². The first-order valence-corrected chi connectivity index (χ1v) is 4.66. The molecule has 82 valence electrons. The monoisotopic (exact) mass is 211 g/mol. The number of benzene rings is 1. The van der Waals surface area contributed by atoms with E-state index in [1.54, 1.807) is 24.3 Å². The van der Waals surface area contributed by atoms with Crippen LogP contribution in [0, 0.1) is 0 Å². The van der Waals surface area contributed by atoms with Gasteiger partial charge in [-0.3, -0.25) is 4.79 Å². The average Bonchev–Trinajstić information content (AvgIpc) is 2.27. The van der Waals surface area contributed by atoms with Crippen LogP contribution in [0.15, 0.2) is 24.3 Å². The zero-order chi connectivity index (χ0) is 11.4. The molecule has 0 spiro atoms. The van der Waals surface area contributed by atoms with Gasteiger partial charge in [-0.05, 0) is 12.5 Å². The van der Waals surface area contributed by atoms with Crippen LogP contribution >= 0.6 is 0 Å². The number of rotatable bonds is 4. The van der Waals surface area contributed by atoms with E-state index in [-0.39, 0.29) is 5.78 Å². The van der Waals surface area contributed by atoms with Crippen molar-refractivity contribution in [2.75, 3.05) is 6.67 Å². The van der Waals surface area contributed by atoms with Crippen LogP contribution in [0.2, 0.25) is 0 Å². The van der Waals surface area contributed by atoms with Crippen LogP contribution in [-0.4, -0.2) is 23.6 Å². The largest absolute Gasteiger partial charge is 0.387 e. The molecule has 0 aliphatic carbocycles. The van der Waals surface area contributed by atoms with E-state index in [4.69, 9.17) is 5.73 Å². The summed E-state index contributed by atoms with van der Waals surface area (Å²) in [6.07, 6.45) is -1.03. The Bertz CT molecular complexity index is 337. The van der Waals surface area contributed by atoms with Crippen molar-refractivity contribution in [1.29, 1.82) is 0 Å². The summed E-state index contributed by atoms with van der Waals surface area (Å²) in [4.78, 5) is 11.0. The second kappa shape index (κ2) is 5.00. The van der Waals surface area contributed by atoms with E-state index in [9.17, 15) is 14.3 Å². The molecule has 0 aliphatic rings. The van der Waals surface area contributed by atoms with Crippen LogP contribution in [0.5, 0.6) is 0 Å². The van der Waals surface area contributed by atoms with Gasteiger partial charge in [-0.2, -0.15) is 0 Å². The first kappa shape index (κ1) is 11.8. The third kappa shape index (κ3) is 2.84. The van der Waals surface area contributed by atoms with E-state index in [1.165, 1.54) is 6.92 Å². The number of halogens is 1. The summed E-state index contributed by atoms with van der Waals surface area (Å²) in [5.74, 6) is -0.0502. The number of hydrogen-bond donors (Lipinski definition) is 2. The molecular weight excluding hydrogens is 197 g/mol. The van der Waals surface area contributed by atoms with Crippen molar-refractivity contribution >= 4 is 5.78 Å². The van der Waals surface area contributed by atoms with E-state index < -0.39 is 18.8 Å². The smallest absolute Gasteiger partial charge is 0.159 e. The van der Waals surface area contributed by atoms with E-state index >= 15 is 0 Å². The van der Waals surface area contributed by atoms with Crippen molar-refractivity contribution in [3.8, 4) is 0 Å². The quantitative estimate of drug-likeness (QED) is 0.736. The number of alkyl halides is 1. The van der Waals surface area contributed by atoms with Crippen molar-refractivity contribution in [3.05, 3.63) is 35.4 Å². The predicted octanol–water partition coefficient (Wildman–Crippen LogP) is 1.22. The normalized spacial score (nSPS) is 14.7. The summed E-state index contributed by atoms with van der Waals surface area (Å²) in [7, 11) is 0. The summed E-state index contributed by atoms with van der Waals surface area (Å²) < 4.78 is 12.2. The molecule has 1 rings (SSSR count). The summed E-state index contributed by atoms with van der Waals surface area (Å²) in [6, 6.07) is 5.42. The average molecular weight is 211 g/mol. The molecule has 0 bridgehead atoms. The molecule has 1 aromatic carbocycles. The Labute approximate surface area is 87.7 Å². The lowest BCUT2D eigenvalue weighted by atomic mass is 10.0. The van der Waals surface area contributed by atoms with Gasteiger partial charge in [0.25, 0.3) is 0 Å². The SMILES string of the molecule is CC(=O)c1ccc(C(O)C(N)CF)cc1. The van der Waals surface area contributed by atoms with Crippen LogP contribution in [0.1, 0.15) is 28.9 Å². The zero-order valence-corrected chi connectivity index (χ0v) is 8.48. The minimum atomic E-state index is -1.03. The lowest BCUT2D eigenvalue weighted by Gasteiger charge is -2.16. The van der Waals surface area contributed by atoms with Gasteiger partial charge in [0.1, 0.15) is 6.67 Å². The molecular formula is C11H14FNO2. The number of Topliss-reactive ketones (excluding diaryl/α,β-unsaturated/α-hetero) is 1. The number of nitrogens with two attached hydrogens (primary N) is 1. The first-order chi connectivity index (χ1) is 7.06. The topological polar surface area (TPSA) is 63.3 Å². The maximum atomic E-state index is 12.2. The van der Waals surface area contributed by atoms with Crippen LogP contribution in [0.25, 0.3) is 0 Å². The van der Waals surface area contributed by atoms with Crippen molar-refractivity contribution in [1.82, 2.24) is 0 Å². The molecule has 0 amide bonds. The summed E-state index contributed by atoms with van der Waals surface area (Å²) in [6.45, 7) is 0.675. The Morgan fingerprint density at radius 2 is 2.00 bits per heavy atom. The molecule has 0 fully saturated rings. The zero-order valence-electron chi connectivity index (χ0n) is 8.48.